The van der Waals surface area contributed by atoms with Gasteiger partial charge in [0.05, 0.1) is 0 Å². The Labute approximate surface area is 134 Å². The van der Waals surface area contributed by atoms with Crippen molar-refractivity contribution in [1.82, 2.24) is 4.90 Å². The number of benzene rings is 1. The Morgan fingerprint density at radius 1 is 1.32 bits per heavy atom. The van der Waals surface area contributed by atoms with Gasteiger partial charge in [0.1, 0.15) is 23.2 Å². The second kappa shape index (κ2) is 6.50. The van der Waals surface area contributed by atoms with Crippen molar-refractivity contribution in [3.05, 3.63) is 52.3 Å². The first-order chi connectivity index (χ1) is 10.4. The number of nitrogens with zero attached hydrogens (tertiary/aromatic N) is 2. The third-order valence-electron chi connectivity index (χ3n) is 3.14. The predicted molar refractivity (Wildman–Crippen MR) is 86.2 cm³/mol. The van der Waals surface area contributed by atoms with E-state index >= 15 is 0 Å². The second-order valence-corrected chi connectivity index (χ2v) is 5.47. The molecule has 0 saturated heterocycles. The molecule has 0 radical (unpaired) electrons. The van der Waals surface area contributed by atoms with Gasteiger partial charge in [-0.3, -0.25) is 4.79 Å². The van der Waals surface area contributed by atoms with Gasteiger partial charge in [0, 0.05) is 30.8 Å². The minimum atomic E-state index is -0.362. The van der Waals surface area contributed by atoms with Crippen molar-refractivity contribution in [3.8, 4) is 17.4 Å². The molecule has 5 heteroatoms. The average molecular weight is 315 g/mol. The maximum atomic E-state index is 11.8. The molecule has 1 aromatic heterocycles. The molecule has 0 fully saturated rings. The normalized spacial score (nSPS) is 11.1. The molecule has 0 atom stereocenters. The van der Waals surface area contributed by atoms with Crippen LogP contribution in [0.1, 0.15) is 11.3 Å². The number of nitriles is 1. The largest absolute Gasteiger partial charge is 0.457 e. The molecule has 0 N–H and O–H groups in total. The Bertz CT molecular complexity index is 782. The molecule has 112 valence electrons. The highest BCUT2D eigenvalue weighted by atomic mass is 35.5. The molecule has 0 bridgehead atoms. The number of aryl methyl sites for hydroxylation is 1. The first-order valence-corrected chi connectivity index (χ1v) is 7.00. The Kier molecular flexibility index (Phi) is 4.69. The fraction of sp³-hybridized carbons (Fsp3) is 0.176. The van der Waals surface area contributed by atoms with Crippen LogP contribution in [0.5, 0.6) is 0 Å². The van der Waals surface area contributed by atoms with Crippen LogP contribution in [0.2, 0.25) is 5.02 Å². The van der Waals surface area contributed by atoms with E-state index < -0.39 is 0 Å². The van der Waals surface area contributed by atoms with E-state index in [4.69, 9.17) is 21.3 Å². The summed E-state index contributed by atoms with van der Waals surface area (Å²) in [6.45, 7) is 1.96. The minimum absolute atomic E-state index is 0.0220. The molecule has 0 saturated carbocycles. The number of likely N-dealkylation sites (N-methyl/N-ethyl adjacent to an activating group) is 1. The lowest BCUT2D eigenvalue weighted by Gasteiger charge is -2.07. The number of furan rings is 1. The van der Waals surface area contributed by atoms with E-state index in [0.29, 0.717) is 16.5 Å². The van der Waals surface area contributed by atoms with Crippen molar-refractivity contribution < 1.29 is 9.21 Å². The zero-order valence-electron chi connectivity index (χ0n) is 12.6. The summed E-state index contributed by atoms with van der Waals surface area (Å²) in [5.74, 6) is 0.723. The number of halogens is 1. The molecule has 22 heavy (non-hydrogen) atoms. The predicted octanol–water partition coefficient (Wildman–Crippen LogP) is 3.90. The molecule has 0 aliphatic rings. The lowest BCUT2D eigenvalue weighted by molar-refractivity contribution is -0.124. The van der Waals surface area contributed by atoms with Gasteiger partial charge >= 0.3 is 0 Å². The molecule has 0 spiro atoms. The van der Waals surface area contributed by atoms with E-state index in [1.165, 1.54) is 11.0 Å². The zero-order valence-corrected chi connectivity index (χ0v) is 13.3. The van der Waals surface area contributed by atoms with Gasteiger partial charge in [-0.25, -0.2) is 0 Å². The van der Waals surface area contributed by atoms with E-state index in [1.54, 1.807) is 26.2 Å². The van der Waals surface area contributed by atoms with Crippen LogP contribution in [0.15, 0.2) is 40.3 Å². The van der Waals surface area contributed by atoms with Crippen LogP contribution in [0.3, 0.4) is 0 Å². The Morgan fingerprint density at radius 3 is 2.68 bits per heavy atom. The van der Waals surface area contributed by atoms with E-state index in [0.717, 1.165) is 11.1 Å². The van der Waals surface area contributed by atoms with Crippen LogP contribution < -0.4 is 0 Å². The first-order valence-electron chi connectivity index (χ1n) is 6.62. The van der Waals surface area contributed by atoms with Gasteiger partial charge in [-0.15, -0.1) is 0 Å². The van der Waals surface area contributed by atoms with E-state index in [9.17, 15) is 4.79 Å². The first kappa shape index (κ1) is 15.9. The molecular weight excluding hydrogens is 300 g/mol. The van der Waals surface area contributed by atoms with Gasteiger partial charge in [-0.1, -0.05) is 17.7 Å². The number of amides is 1. The maximum absolute atomic E-state index is 11.8. The Hall–Kier alpha value is -2.51. The number of hydrogen-bond acceptors (Lipinski definition) is 3. The summed E-state index contributed by atoms with van der Waals surface area (Å²) >= 11 is 6.01. The molecule has 1 aromatic carbocycles. The summed E-state index contributed by atoms with van der Waals surface area (Å²) in [4.78, 5) is 13.2. The van der Waals surface area contributed by atoms with Gasteiger partial charge < -0.3 is 9.32 Å². The molecule has 0 aliphatic heterocycles. The monoisotopic (exact) mass is 314 g/mol. The summed E-state index contributed by atoms with van der Waals surface area (Å²) < 4.78 is 5.71. The molecule has 4 nitrogen and oxygen atoms in total. The molecule has 1 heterocycles. The van der Waals surface area contributed by atoms with Gasteiger partial charge in [-0.05, 0) is 36.8 Å². The van der Waals surface area contributed by atoms with Crippen molar-refractivity contribution in [2.45, 2.75) is 6.92 Å². The number of carbonyl (C=O) groups is 1. The van der Waals surface area contributed by atoms with Crippen molar-refractivity contribution in [1.29, 1.82) is 5.26 Å². The van der Waals surface area contributed by atoms with Crippen LogP contribution in [-0.4, -0.2) is 24.9 Å². The molecule has 0 aliphatic carbocycles. The Morgan fingerprint density at radius 2 is 2.05 bits per heavy atom. The molecule has 0 unspecified atom stereocenters. The van der Waals surface area contributed by atoms with Gasteiger partial charge in [0.15, 0.2) is 0 Å². The van der Waals surface area contributed by atoms with Gasteiger partial charge in [0.25, 0.3) is 5.91 Å². The second-order valence-electron chi connectivity index (χ2n) is 5.03. The molecule has 2 aromatic rings. The smallest absolute Gasteiger partial charge is 0.264 e. The van der Waals surface area contributed by atoms with E-state index in [-0.39, 0.29) is 11.5 Å². The lowest BCUT2D eigenvalue weighted by atomic mass is 10.1. The summed E-state index contributed by atoms with van der Waals surface area (Å²) in [7, 11) is 3.19. The lowest BCUT2D eigenvalue weighted by Crippen LogP contribution is -2.22. The summed E-state index contributed by atoms with van der Waals surface area (Å²) in [6, 6.07) is 10.9. The SMILES string of the molecule is Cc1ccc(Cl)cc1-c1ccc(/C=C(/C#N)C(=O)N(C)C)o1. The van der Waals surface area contributed by atoms with Crippen molar-refractivity contribution >= 4 is 23.6 Å². The van der Waals surface area contributed by atoms with E-state index in [2.05, 4.69) is 0 Å². The molecule has 2 rings (SSSR count). The Balaban J connectivity index is 2.38. The molecule has 1 amide bonds. The highest BCUT2D eigenvalue weighted by molar-refractivity contribution is 6.30. The maximum Gasteiger partial charge on any atom is 0.264 e. The van der Waals surface area contributed by atoms with Crippen LogP contribution in [-0.2, 0) is 4.79 Å². The summed E-state index contributed by atoms with van der Waals surface area (Å²) in [5, 5.41) is 9.71. The standard InChI is InChI=1S/C17H15ClN2O2/c1-11-4-5-13(18)9-15(11)16-7-6-14(22-16)8-12(10-19)17(21)20(2)3/h4-9H,1-3H3/b12-8-. The van der Waals surface area contributed by atoms with Crippen molar-refractivity contribution in [2.75, 3.05) is 14.1 Å². The fourth-order valence-corrected chi connectivity index (χ4v) is 2.13. The quantitative estimate of drug-likeness (QED) is 0.637. The highest BCUT2D eigenvalue weighted by Gasteiger charge is 2.13. The van der Waals surface area contributed by atoms with Crippen molar-refractivity contribution in [2.24, 2.45) is 0 Å². The fourth-order valence-electron chi connectivity index (χ4n) is 1.96. The minimum Gasteiger partial charge on any atom is -0.457 e. The van der Waals surface area contributed by atoms with Gasteiger partial charge in [0.2, 0.25) is 0 Å². The third kappa shape index (κ3) is 3.38. The number of rotatable bonds is 3. The van der Waals surface area contributed by atoms with Gasteiger partial charge in [-0.2, -0.15) is 5.26 Å². The topological polar surface area (TPSA) is 57.2 Å². The average Bonchev–Trinajstić information content (AvgIpc) is 2.94. The highest BCUT2D eigenvalue weighted by Crippen LogP contribution is 2.28. The number of carbonyl (C=O) groups excluding carboxylic acids is 1. The summed E-state index contributed by atoms with van der Waals surface area (Å²) in [5.41, 5.74) is 1.93. The zero-order chi connectivity index (χ0) is 16.3. The molecular formula is C17H15ClN2O2. The van der Waals surface area contributed by atoms with Crippen LogP contribution in [0.25, 0.3) is 17.4 Å². The van der Waals surface area contributed by atoms with Crippen LogP contribution in [0.4, 0.5) is 0 Å². The number of hydrogen-bond donors (Lipinski definition) is 0. The van der Waals surface area contributed by atoms with E-state index in [1.807, 2.05) is 31.2 Å². The summed E-state index contributed by atoms with van der Waals surface area (Å²) in [6.07, 6.45) is 1.44. The van der Waals surface area contributed by atoms with Crippen molar-refractivity contribution in [3.63, 3.8) is 0 Å². The third-order valence-corrected chi connectivity index (χ3v) is 3.37. The van der Waals surface area contributed by atoms with Crippen LogP contribution >= 0.6 is 11.6 Å². The van der Waals surface area contributed by atoms with Crippen LogP contribution in [0, 0.1) is 18.3 Å².